The zero-order valence-corrected chi connectivity index (χ0v) is 9.30. The van der Waals surface area contributed by atoms with E-state index in [0.717, 1.165) is 5.41 Å². The van der Waals surface area contributed by atoms with Crippen LogP contribution in [0, 0.1) is 5.41 Å². The highest BCUT2D eigenvalue weighted by molar-refractivity contribution is 5.85. The molecule has 1 nitrogen and oxygen atoms in total. The number of nitrogens with one attached hydrogen (secondary N) is 1. The van der Waals surface area contributed by atoms with Crippen molar-refractivity contribution >= 4 is 12.4 Å². The van der Waals surface area contributed by atoms with E-state index in [4.69, 9.17) is 0 Å². The SMILES string of the molecule is C1CCC2(CC1)CCCCNC2.Cl. The fourth-order valence-corrected chi connectivity index (χ4v) is 2.92. The topological polar surface area (TPSA) is 12.0 Å². The van der Waals surface area contributed by atoms with Gasteiger partial charge >= 0.3 is 0 Å². The molecule has 0 aromatic rings. The Bertz CT molecular complexity index is 131. The third-order valence-electron chi connectivity index (χ3n) is 3.72. The van der Waals surface area contributed by atoms with Crippen molar-refractivity contribution in [2.24, 2.45) is 5.41 Å². The Balaban J connectivity index is 0.000000845. The van der Waals surface area contributed by atoms with Gasteiger partial charge in [0, 0.05) is 6.54 Å². The maximum atomic E-state index is 3.61. The molecule has 1 aliphatic carbocycles. The summed E-state index contributed by atoms with van der Waals surface area (Å²) in [6.45, 7) is 2.58. The number of hydrogen-bond acceptors (Lipinski definition) is 1. The van der Waals surface area contributed by atoms with Gasteiger partial charge in [-0.3, -0.25) is 0 Å². The van der Waals surface area contributed by atoms with Crippen molar-refractivity contribution < 1.29 is 0 Å². The summed E-state index contributed by atoms with van der Waals surface area (Å²) in [7, 11) is 0. The van der Waals surface area contributed by atoms with E-state index in [1.165, 1.54) is 64.5 Å². The van der Waals surface area contributed by atoms with Gasteiger partial charge in [-0.05, 0) is 37.6 Å². The Kier molecular flexibility index (Phi) is 4.54. The molecule has 0 bridgehead atoms. The molecule has 1 N–H and O–H groups in total. The molecule has 1 spiro atoms. The van der Waals surface area contributed by atoms with Crippen molar-refractivity contribution in [3.05, 3.63) is 0 Å². The minimum absolute atomic E-state index is 0. The molecule has 1 heterocycles. The summed E-state index contributed by atoms with van der Waals surface area (Å²) in [6, 6.07) is 0. The molecular formula is C11H22ClN. The third-order valence-corrected chi connectivity index (χ3v) is 3.72. The predicted molar refractivity (Wildman–Crippen MR) is 59.5 cm³/mol. The van der Waals surface area contributed by atoms with Gasteiger partial charge in [0.15, 0.2) is 0 Å². The van der Waals surface area contributed by atoms with Crippen LogP contribution in [0.2, 0.25) is 0 Å². The molecular weight excluding hydrogens is 182 g/mol. The van der Waals surface area contributed by atoms with Crippen molar-refractivity contribution in [1.29, 1.82) is 0 Å². The fourth-order valence-electron chi connectivity index (χ4n) is 2.92. The summed E-state index contributed by atoms with van der Waals surface area (Å²) in [5.41, 5.74) is 0.731. The molecule has 2 rings (SSSR count). The normalized spacial score (nSPS) is 27.7. The van der Waals surface area contributed by atoms with Crippen LogP contribution in [0.15, 0.2) is 0 Å². The van der Waals surface area contributed by atoms with Crippen molar-refractivity contribution in [3.63, 3.8) is 0 Å². The first-order valence-corrected chi connectivity index (χ1v) is 5.62. The summed E-state index contributed by atoms with van der Waals surface area (Å²) in [4.78, 5) is 0. The molecule has 0 amide bonds. The molecule has 2 fully saturated rings. The molecule has 1 saturated heterocycles. The van der Waals surface area contributed by atoms with Crippen LogP contribution in [0.25, 0.3) is 0 Å². The van der Waals surface area contributed by atoms with Gasteiger partial charge in [-0.2, -0.15) is 0 Å². The van der Waals surface area contributed by atoms with Gasteiger partial charge < -0.3 is 5.32 Å². The van der Waals surface area contributed by atoms with E-state index in [-0.39, 0.29) is 12.4 Å². The summed E-state index contributed by atoms with van der Waals surface area (Å²) in [5, 5.41) is 3.61. The van der Waals surface area contributed by atoms with Crippen LogP contribution >= 0.6 is 12.4 Å². The average molecular weight is 204 g/mol. The van der Waals surface area contributed by atoms with Crippen LogP contribution in [0.4, 0.5) is 0 Å². The smallest absolute Gasteiger partial charge is 0.000780 e. The molecule has 13 heavy (non-hydrogen) atoms. The summed E-state index contributed by atoms with van der Waals surface area (Å²) < 4.78 is 0. The molecule has 2 aliphatic rings. The predicted octanol–water partition coefficient (Wildman–Crippen LogP) is 3.13. The van der Waals surface area contributed by atoms with Gasteiger partial charge in [0.25, 0.3) is 0 Å². The van der Waals surface area contributed by atoms with Crippen molar-refractivity contribution in [1.82, 2.24) is 5.32 Å². The Labute approximate surface area is 88.1 Å². The quantitative estimate of drug-likeness (QED) is 0.638. The molecule has 0 radical (unpaired) electrons. The van der Waals surface area contributed by atoms with E-state index in [2.05, 4.69) is 5.32 Å². The Morgan fingerprint density at radius 3 is 2.08 bits per heavy atom. The second kappa shape index (κ2) is 5.21. The lowest BCUT2D eigenvalue weighted by molar-refractivity contribution is 0.176. The maximum absolute atomic E-state index is 3.61. The second-order valence-corrected chi connectivity index (χ2v) is 4.69. The number of halogens is 1. The highest BCUT2D eigenvalue weighted by Crippen LogP contribution is 2.40. The molecule has 78 valence electrons. The van der Waals surface area contributed by atoms with Crippen LogP contribution in [-0.4, -0.2) is 13.1 Å². The van der Waals surface area contributed by atoms with Crippen LogP contribution < -0.4 is 5.32 Å². The number of rotatable bonds is 0. The lowest BCUT2D eigenvalue weighted by atomic mass is 9.71. The monoisotopic (exact) mass is 203 g/mol. The van der Waals surface area contributed by atoms with Crippen molar-refractivity contribution in [2.75, 3.05) is 13.1 Å². The third kappa shape index (κ3) is 2.85. The highest BCUT2D eigenvalue weighted by atomic mass is 35.5. The van der Waals surface area contributed by atoms with Gasteiger partial charge in [-0.1, -0.05) is 25.7 Å². The summed E-state index contributed by atoms with van der Waals surface area (Å²) in [5.74, 6) is 0. The first-order valence-electron chi connectivity index (χ1n) is 5.62. The first-order chi connectivity index (χ1) is 5.91. The molecule has 1 aliphatic heterocycles. The Morgan fingerprint density at radius 2 is 1.38 bits per heavy atom. The van der Waals surface area contributed by atoms with Crippen molar-refractivity contribution in [3.8, 4) is 0 Å². The fraction of sp³-hybridized carbons (Fsp3) is 1.00. The first kappa shape index (κ1) is 11.3. The van der Waals surface area contributed by atoms with Gasteiger partial charge in [0.05, 0.1) is 0 Å². The highest BCUT2D eigenvalue weighted by Gasteiger charge is 2.31. The maximum Gasteiger partial charge on any atom is 0.000780 e. The molecule has 0 atom stereocenters. The standard InChI is InChI=1S/C11H21N.ClH/c1-2-6-11(7-3-1)8-4-5-9-12-10-11;/h12H,1-10H2;1H. The van der Waals surface area contributed by atoms with E-state index in [1.807, 2.05) is 0 Å². The molecule has 0 unspecified atom stereocenters. The summed E-state index contributed by atoms with van der Waals surface area (Å²) >= 11 is 0. The second-order valence-electron chi connectivity index (χ2n) is 4.69. The Hall–Kier alpha value is 0.250. The van der Waals surface area contributed by atoms with Gasteiger partial charge in [-0.25, -0.2) is 0 Å². The van der Waals surface area contributed by atoms with Gasteiger partial charge in [-0.15, -0.1) is 12.4 Å². The van der Waals surface area contributed by atoms with E-state index in [1.54, 1.807) is 0 Å². The van der Waals surface area contributed by atoms with E-state index >= 15 is 0 Å². The molecule has 0 aromatic heterocycles. The average Bonchev–Trinajstić information content (AvgIpc) is 2.33. The van der Waals surface area contributed by atoms with Gasteiger partial charge in [0.2, 0.25) is 0 Å². The van der Waals surface area contributed by atoms with Crippen LogP contribution in [0.3, 0.4) is 0 Å². The largest absolute Gasteiger partial charge is 0.316 e. The Morgan fingerprint density at radius 1 is 0.769 bits per heavy atom. The lowest BCUT2D eigenvalue weighted by Gasteiger charge is -2.36. The van der Waals surface area contributed by atoms with Gasteiger partial charge in [0.1, 0.15) is 0 Å². The zero-order chi connectivity index (χ0) is 8.28. The zero-order valence-electron chi connectivity index (χ0n) is 8.48. The number of hydrogen-bond donors (Lipinski definition) is 1. The van der Waals surface area contributed by atoms with Crippen LogP contribution in [0.1, 0.15) is 51.4 Å². The summed E-state index contributed by atoms with van der Waals surface area (Å²) in [6.07, 6.45) is 11.8. The molecule has 0 aromatic carbocycles. The molecule has 1 saturated carbocycles. The van der Waals surface area contributed by atoms with Crippen LogP contribution in [-0.2, 0) is 0 Å². The van der Waals surface area contributed by atoms with Crippen LogP contribution in [0.5, 0.6) is 0 Å². The molecule has 2 heteroatoms. The van der Waals surface area contributed by atoms with E-state index < -0.39 is 0 Å². The minimum Gasteiger partial charge on any atom is -0.316 e. The van der Waals surface area contributed by atoms with Crippen molar-refractivity contribution in [2.45, 2.75) is 51.4 Å². The minimum atomic E-state index is 0. The van der Waals surface area contributed by atoms with E-state index in [9.17, 15) is 0 Å². The van der Waals surface area contributed by atoms with E-state index in [0.29, 0.717) is 0 Å². The lowest BCUT2D eigenvalue weighted by Crippen LogP contribution is -2.34.